The molecule has 0 aliphatic heterocycles. The third-order valence-corrected chi connectivity index (χ3v) is 13.4. The number of aliphatic hydroxyl groups excluding tert-OH is 2. The van der Waals surface area contributed by atoms with E-state index in [0.29, 0.717) is 25.9 Å². The molecule has 6 heteroatoms. The molecule has 0 aromatic rings. The molecule has 0 radical (unpaired) electrons. The summed E-state index contributed by atoms with van der Waals surface area (Å²) in [7, 11) is 0. The van der Waals surface area contributed by atoms with Crippen LogP contribution in [0.4, 0.5) is 0 Å². The predicted molar refractivity (Wildman–Crippen MR) is 292 cm³/mol. The molecule has 0 aliphatic rings. The van der Waals surface area contributed by atoms with E-state index in [1.165, 1.54) is 173 Å². The van der Waals surface area contributed by atoms with Gasteiger partial charge in [-0.3, -0.25) is 9.59 Å². The van der Waals surface area contributed by atoms with Gasteiger partial charge in [-0.25, -0.2) is 0 Å². The van der Waals surface area contributed by atoms with E-state index in [-0.39, 0.29) is 18.5 Å². The van der Waals surface area contributed by atoms with Crippen LogP contribution in [0.3, 0.4) is 0 Å². The van der Waals surface area contributed by atoms with Gasteiger partial charge in [-0.2, -0.15) is 0 Å². The molecule has 0 heterocycles. The average Bonchev–Trinajstić information content (AvgIpc) is 3.33. The number of nitrogens with one attached hydrogen (secondary N) is 1. The van der Waals surface area contributed by atoms with Gasteiger partial charge in [-0.15, -0.1) is 0 Å². The number of allylic oxidation sites excluding steroid dienone is 8. The number of carbonyl (C=O) groups is 2. The average molecular weight is 941 g/mol. The summed E-state index contributed by atoms with van der Waals surface area (Å²) in [6.45, 7) is 4.89. The molecule has 2 unspecified atom stereocenters. The maximum absolute atomic E-state index is 12.5. The molecule has 0 aliphatic carbocycles. The van der Waals surface area contributed by atoms with Crippen LogP contribution in [0.5, 0.6) is 0 Å². The molecule has 392 valence electrons. The van der Waals surface area contributed by atoms with Crippen LogP contribution in [0.2, 0.25) is 0 Å². The number of esters is 1. The van der Waals surface area contributed by atoms with Crippen LogP contribution in [-0.4, -0.2) is 47.4 Å². The monoisotopic (exact) mass is 940 g/mol. The van der Waals surface area contributed by atoms with Gasteiger partial charge in [0, 0.05) is 12.8 Å². The van der Waals surface area contributed by atoms with Gasteiger partial charge in [0.1, 0.15) is 0 Å². The molecule has 2 atom stereocenters. The smallest absolute Gasteiger partial charge is 0.305 e. The number of ether oxygens (including phenoxy) is 1. The minimum absolute atomic E-state index is 0.0291. The Balaban J connectivity index is 3.51. The fourth-order valence-corrected chi connectivity index (χ4v) is 8.82. The number of rotatable bonds is 54. The minimum Gasteiger partial charge on any atom is -0.466 e. The lowest BCUT2D eigenvalue weighted by Crippen LogP contribution is -2.45. The van der Waals surface area contributed by atoms with Gasteiger partial charge in [0.2, 0.25) is 5.91 Å². The Morgan fingerprint density at radius 3 is 1.15 bits per heavy atom. The van der Waals surface area contributed by atoms with Crippen molar-refractivity contribution in [1.82, 2.24) is 5.32 Å². The first-order chi connectivity index (χ1) is 33.0. The molecule has 6 nitrogen and oxygen atoms in total. The van der Waals surface area contributed by atoms with Crippen molar-refractivity contribution in [2.75, 3.05) is 13.2 Å². The second-order valence-electron chi connectivity index (χ2n) is 20.0. The number of unbranched alkanes of at least 4 members (excludes halogenated alkanes) is 35. The maximum Gasteiger partial charge on any atom is 0.305 e. The summed E-state index contributed by atoms with van der Waals surface area (Å²) in [6.07, 6.45) is 71.0. The van der Waals surface area contributed by atoms with E-state index in [9.17, 15) is 19.8 Å². The highest BCUT2D eigenvalue weighted by Gasteiger charge is 2.20. The molecule has 0 spiro atoms. The Kier molecular flexibility index (Phi) is 54.6. The molecule has 1 amide bonds. The normalized spacial score (nSPS) is 13.0. The van der Waals surface area contributed by atoms with Crippen LogP contribution in [0.1, 0.15) is 303 Å². The summed E-state index contributed by atoms with van der Waals surface area (Å²) < 4.78 is 5.45. The highest BCUT2D eigenvalue weighted by atomic mass is 16.5. The fraction of sp³-hybridized carbons (Fsp3) is 0.836. The molecule has 0 aromatic carbocycles. The Morgan fingerprint density at radius 1 is 0.418 bits per heavy atom. The summed E-state index contributed by atoms with van der Waals surface area (Å²) in [6, 6.07) is -0.555. The van der Waals surface area contributed by atoms with E-state index in [1.807, 2.05) is 0 Å². The van der Waals surface area contributed by atoms with Crippen LogP contribution < -0.4 is 5.32 Å². The van der Waals surface area contributed by atoms with Crippen LogP contribution in [0.25, 0.3) is 0 Å². The zero-order valence-corrected chi connectivity index (χ0v) is 44.6. The Labute approximate surface area is 416 Å². The van der Waals surface area contributed by atoms with E-state index in [1.54, 1.807) is 0 Å². The first-order valence-corrected chi connectivity index (χ1v) is 29.4. The summed E-state index contributed by atoms with van der Waals surface area (Å²) >= 11 is 0. The number of amides is 1. The van der Waals surface area contributed by atoms with Crippen molar-refractivity contribution in [2.45, 2.75) is 315 Å². The summed E-state index contributed by atoms with van der Waals surface area (Å²) in [5, 5.41) is 23.3. The van der Waals surface area contributed by atoms with Crippen LogP contribution in [0.15, 0.2) is 48.6 Å². The third kappa shape index (κ3) is 53.0. The molecule has 3 N–H and O–H groups in total. The Bertz CT molecular complexity index is 1130. The molecule has 0 saturated carbocycles. The van der Waals surface area contributed by atoms with Crippen molar-refractivity contribution in [1.29, 1.82) is 0 Å². The summed E-state index contributed by atoms with van der Waals surface area (Å²) in [5.74, 6) is -0.0799. The van der Waals surface area contributed by atoms with Crippen molar-refractivity contribution in [3.63, 3.8) is 0 Å². The molecule has 0 rings (SSSR count). The maximum atomic E-state index is 12.5. The van der Waals surface area contributed by atoms with E-state index >= 15 is 0 Å². The van der Waals surface area contributed by atoms with E-state index in [0.717, 1.165) is 96.3 Å². The van der Waals surface area contributed by atoms with E-state index in [4.69, 9.17) is 4.74 Å². The van der Waals surface area contributed by atoms with Crippen LogP contribution in [0, 0.1) is 0 Å². The SMILES string of the molecule is CCCCCC/C=C\C/C=C\CCCCCCCC(=O)OCCCCC/C=C\C/C=C\CCCCCCCCCC(=O)NC(CO)C(O)CCCCCCCCCCCCCCCCCCC. The van der Waals surface area contributed by atoms with Gasteiger partial charge in [-0.05, 0) is 96.3 Å². The topological polar surface area (TPSA) is 95.9 Å². The highest BCUT2D eigenvalue weighted by molar-refractivity contribution is 5.76. The minimum atomic E-state index is -0.676. The van der Waals surface area contributed by atoms with Gasteiger partial charge < -0.3 is 20.3 Å². The lowest BCUT2D eigenvalue weighted by Gasteiger charge is -2.22. The van der Waals surface area contributed by atoms with Gasteiger partial charge in [0.15, 0.2) is 0 Å². The van der Waals surface area contributed by atoms with Crippen molar-refractivity contribution >= 4 is 11.9 Å². The van der Waals surface area contributed by atoms with Gasteiger partial charge in [0.05, 0.1) is 25.4 Å². The lowest BCUT2D eigenvalue weighted by molar-refractivity contribution is -0.143. The zero-order chi connectivity index (χ0) is 48.6. The number of hydrogen-bond donors (Lipinski definition) is 3. The van der Waals surface area contributed by atoms with Crippen LogP contribution in [-0.2, 0) is 14.3 Å². The van der Waals surface area contributed by atoms with Gasteiger partial charge >= 0.3 is 5.97 Å². The second kappa shape index (κ2) is 56.4. The van der Waals surface area contributed by atoms with Crippen LogP contribution >= 0.6 is 0 Å². The van der Waals surface area contributed by atoms with Crippen molar-refractivity contribution < 1.29 is 24.5 Å². The van der Waals surface area contributed by atoms with Gasteiger partial charge in [0.25, 0.3) is 0 Å². The first-order valence-electron chi connectivity index (χ1n) is 29.4. The summed E-state index contributed by atoms with van der Waals surface area (Å²) in [5.41, 5.74) is 0. The molecule has 0 fully saturated rings. The number of carbonyl (C=O) groups excluding carboxylic acids is 2. The second-order valence-corrected chi connectivity index (χ2v) is 20.0. The Hall–Kier alpha value is -2.18. The van der Waals surface area contributed by atoms with Crippen molar-refractivity contribution in [2.24, 2.45) is 0 Å². The first kappa shape index (κ1) is 64.8. The highest BCUT2D eigenvalue weighted by Crippen LogP contribution is 2.16. The molecular weight excluding hydrogens is 827 g/mol. The predicted octanol–water partition coefficient (Wildman–Crippen LogP) is 18.2. The number of aliphatic hydroxyl groups is 2. The third-order valence-electron chi connectivity index (χ3n) is 13.4. The van der Waals surface area contributed by atoms with E-state index in [2.05, 4.69) is 67.8 Å². The van der Waals surface area contributed by atoms with E-state index < -0.39 is 12.1 Å². The molecule has 0 bridgehead atoms. The molecule has 0 saturated heterocycles. The summed E-state index contributed by atoms with van der Waals surface area (Å²) in [4.78, 5) is 24.5. The largest absolute Gasteiger partial charge is 0.466 e. The lowest BCUT2D eigenvalue weighted by atomic mass is 10.0. The number of hydrogen-bond acceptors (Lipinski definition) is 5. The zero-order valence-electron chi connectivity index (χ0n) is 44.6. The standard InChI is InChI=1S/C61H113NO5/c1-3-5-7-9-11-13-15-17-19-22-25-29-33-37-41-45-49-53-59(64)58(57-63)62-60(65)54-50-46-42-38-34-30-26-23-21-24-28-32-36-40-44-48-52-56-67-61(66)55-51-47-43-39-35-31-27-20-18-16-14-12-10-8-6-4-2/h14,16,20-21,24,27,32,36,58-59,63-64H,3-13,15,17-19,22-23,25-26,28-31,33-35,37-57H2,1-2H3,(H,62,65)/b16-14-,24-21-,27-20-,36-32-. The molecule has 67 heavy (non-hydrogen) atoms. The quantitative estimate of drug-likeness (QED) is 0.0321. The van der Waals surface area contributed by atoms with Crippen molar-refractivity contribution in [3.8, 4) is 0 Å². The van der Waals surface area contributed by atoms with Gasteiger partial charge in [-0.1, -0.05) is 242 Å². The fourth-order valence-electron chi connectivity index (χ4n) is 8.82. The molecular formula is C61H113NO5. The molecule has 0 aromatic heterocycles. The Morgan fingerprint density at radius 2 is 0.746 bits per heavy atom. The van der Waals surface area contributed by atoms with Crippen molar-refractivity contribution in [3.05, 3.63) is 48.6 Å².